The highest BCUT2D eigenvalue weighted by molar-refractivity contribution is 9.11. The Balaban J connectivity index is 2.37. The van der Waals surface area contributed by atoms with Crippen LogP contribution in [0.3, 0.4) is 0 Å². The lowest BCUT2D eigenvalue weighted by Gasteiger charge is -2.13. The Labute approximate surface area is 148 Å². The van der Waals surface area contributed by atoms with Gasteiger partial charge in [-0.3, -0.25) is 9.89 Å². The zero-order chi connectivity index (χ0) is 16.3. The van der Waals surface area contributed by atoms with Crippen LogP contribution in [0.25, 0.3) is 0 Å². The van der Waals surface area contributed by atoms with Crippen LogP contribution in [0.4, 0.5) is 0 Å². The van der Waals surface area contributed by atoms with E-state index >= 15 is 0 Å². The van der Waals surface area contributed by atoms with Crippen LogP contribution in [0.1, 0.15) is 19.4 Å². The minimum absolute atomic E-state index is 0.0563. The Bertz CT molecular complexity index is 778. The van der Waals surface area contributed by atoms with Crippen molar-refractivity contribution in [1.82, 2.24) is 14.9 Å². The molecule has 2 rings (SSSR count). The average molecular weight is 448 g/mol. The molecular formula is C13H12Br2N4O2S. The van der Waals surface area contributed by atoms with Crippen LogP contribution >= 0.6 is 44.1 Å². The molecule has 0 radical (unpaired) electrons. The van der Waals surface area contributed by atoms with Crippen molar-refractivity contribution in [1.29, 1.82) is 0 Å². The van der Waals surface area contributed by atoms with E-state index in [0.29, 0.717) is 5.75 Å². The lowest BCUT2D eigenvalue weighted by molar-refractivity contribution is 0.239. The summed E-state index contributed by atoms with van der Waals surface area (Å²) >= 11 is 11.9. The molecule has 0 spiro atoms. The number of benzene rings is 1. The molecule has 22 heavy (non-hydrogen) atoms. The van der Waals surface area contributed by atoms with Crippen molar-refractivity contribution in [2.24, 2.45) is 5.10 Å². The number of hydrogen-bond acceptors (Lipinski definition) is 5. The van der Waals surface area contributed by atoms with Gasteiger partial charge in [-0.1, -0.05) is 0 Å². The quantitative estimate of drug-likeness (QED) is 0.575. The van der Waals surface area contributed by atoms with Gasteiger partial charge in [-0.05, 0) is 75.6 Å². The van der Waals surface area contributed by atoms with Gasteiger partial charge in [-0.2, -0.15) is 14.9 Å². The average Bonchev–Trinajstić information content (AvgIpc) is 2.42. The fraction of sp³-hybridized carbons (Fsp3) is 0.231. The number of hydrogen-bond donors (Lipinski definition) is 1. The van der Waals surface area contributed by atoms with Gasteiger partial charge >= 0.3 is 0 Å². The number of rotatable bonds is 4. The molecule has 0 unspecified atom stereocenters. The molecule has 1 aromatic heterocycles. The van der Waals surface area contributed by atoms with Crippen LogP contribution in [0, 0.1) is 4.77 Å². The summed E-state index contributed by atoms with van der Waals surface area (Å²) in [6, 6.07) is 3.68. The van der Waals surface area contributed by atoms with Crippen molar-refractivity contribution in [2.45, 2.75) is 20.0 Å². The molecule has 1 heterocycles. The number of H-pyrrole nitrogens is 1. The smallest absolute Gasteiger partial charge is 0.293 e. The van der Waals surface area contributed by atoms with Gasteiger partial charge in [0.25, 0.3) is 5.56 Å². The molecule has 0 atom stereocenters. The van der Waals surface area contributed by atoms with Crippen molar-refractivity contribution in [3.05, 3.63) is 48.0 Å². The highest BCUT2D eigenvalue weighted by Crippen LogP contribution is 2.35. The van der Waals surface area contributed by atoms with E-state index in [0.717, 1.165) is 25.4 Å². The van der Waals surface area contributed by atoms with E-state index in [1.165, 1.54) is 6.21 Å². The fourth-order valence-corrected chi connectivity index (χ4v) is 3.18. The molecule has 116 valence electrons. The van der Waals surface area contributed by atoms with Crippen molar-refractivity contribution in [3.63, 3.8) is 0 Å². The molecule has 0 saturated carbocycles. The predicted octanol–water partition coefficient (Wildman–Crippen LogP) is 3.50. The molecule has 6 nitrogen and oxygen atoms in total. The number of nitrogens with one attached hydrogen (secondary N) is 1. The Hall–Kier alpha value is -1.32. The second-order valence-electron chi connectivity index (χ2n) is 4.55. The molecule has 0 fully saturated rings. The van der Waals surface area contributed by atoms with Gasteiger partial charge in [0.1, 0.15) is 11.9 Å². The number of aromatic nitrogens is 3. The van der Waals surface area contributed by atoms with Gasteiger partial charge in [-0.25, -0.2) is 0 Å². The number of ether oxygens (including phenoxy) is 1. The van der Waals surface area contributed by atoms with Crippen LogP contribution in [0.15, 0.2) is 37.2 Å². The topological polar surface area (TPSA) is 72.3 Å². The summed E-state index contributed by atoms with van der Waals surface area (Å²) in [5.41, 5.74) is 0.367. The van der Waals surface area contributed by atoms with Crippen LogP contribution in [-0.2, 0) is 0 Å². The third-order valence-corrected chi connectivity index (χ3v) is 3.88. The lowest BCUT2D eigenvalue weighted by Crippen LogP contribution is -2.18. The minimum Gasteiger partial charge on any atom is -0.489 e. The van der Waals surface area contributed by atoms with Crippen LogP contribution in [-0.4, -0.2) is 27.2 Å². The maximum atomic E-state index is 11.6. The molecule has 0 aliphatic heterocycles. The van der Waals surface area contributed by atoms with Crippen molar-refractivity contribution < 1.29 is 4.74 Å². The zero-order valence-electron chi connectivity index (χ0n) is 11.7. The maximum absolute atomic E-state index is 11.6. The zero-order valence-corrected chi connectivity index (χ0v) is 15.7. The Kier molecular flexibility index (Phi) is 5.65. The van der Waals surface area contributed by atoms with E-state index in [9.17, 15) is 4.79 Å². The first-order chi connectivity index (χ1) is 10.4. The molecule has 0 amide bonds. The van der Waals surface area contributed by atoms with Gasteiger partial charge < -0.3 is 4.74 Å². The van der Waals surface area contributed by atoms with E-state index in [4.69, 9.17) is 17.0 Å². The molecule has 2 aromatic rings. The van der Waals surface area contributed by atoms with E-state index in [-0.39, 0.29) is 10.9 Å². The van der Waals surface area contributed by atoms with Crippen molar-refractivity contribution >= 4 is 50.3 Å². The minimum atomic E-state index is -0.405. The first-order valence-electron chi connectivity index (χ1n) is 6.25. The number of halogens is 2. The maximum Gasteiger partial charge on any atom is 0.293 e. The molecule has 1 aromatic carbocycles. The second-order valence-corrected chi connectivity index (χ2v) is 6.65. The Morgan fingerprint density at radius 2 is 2.05 bits per heavy atom. The van der Waals surface area contributed by atoms with E-state index in [2.05, 4.69) is 47.2 Å². The summed E-state index contributed by atoms with van der Waals surface area (Å²) in [4.78, 5) is 11.6. The summed E-state index contributed by atoms with van der Waals surface area (Å²) in [5.74, 6) is 0.713. The monoisotopic (exact) mass is 446 g/mol. The molecular weight excluding hydrogens is 436 g/mol. The first kappa shape index (κ1) is 17.0. The lowest BCUT2D eigenvalue weighted by atomic mass is 10.2. The molecule has 1 N–H and O–H groups in total. The fourth-order valence-electron chi connectivity index (χ4n) is 1.58. The van der Waals surface area contributed by atoms with E-state index in [1.54, 1.807) is 0 Å². The van der Waals surface area contributed by atoms with E-state index in [1.807, 2.05) is 26.0 Å². The van der Waals surface area contributed by atoms with Crippen LogP contribution in [0.5, 0.6) is 5.75 Å². The second kappa shape index (κ2) is 7.30. The van der Waals surface area contributed by atoms with E-state index < -0.39 is 5.56 Å². The van der Waals surface area contributed by atoms with Crippen molar-refractivity contribution in [2.75, 3.05) is 0 Å². The summed E-state index contributed by atoms with van der Waals surface area (Å²) in [6.45, 7) is 3.90. The summed E-state index contributed by atoms with van der Waals surface area (Å²) in [6.07, 6.45) is 2.69. The third kappa shape index (κ3) is 4.11. The largest absolute Gasteiger partial charge is 0.489 e. The third-order valence-electron chi connectivity index (χ3n) is 2.43. The molecule has 0 aliphatic carbocycles. The van der Waals surface area contributed by atoms with Crippen molar-refractivity contribution in [3.8, 4) is 5.75 Å². The van der Waals surface area contributed by atoms with Crippen LogP contribution in [0.2, 0.25) is 0 Å². The molecule has 0 bridgehead atoms. The highest BCUT2D eigenvalue weighted by Gasteiger charge is 2.10. The molecule has 0 saturated heterocycles. The Morgan fingerprint density at radius 3 is 2.59 bits per heavy atom. The van der Waals surface area contributed by atoms with Gasteiger partial charge in [0, 0.05) is 0 Å². The SMILES string of the molecule is CC(C)Oc1c(Br)cc(/C=N\n2c(=O)cn[nH]c2=S)cc1Br. The van der Waals surface area contributed by atoms with Gasteiger partial charge in [0.15, 0.2) is 0 Å². The normalized spacial score (nSPS) is 11.3. The number of nitrogens with zero attached hydrogens (tertiary/aromatic N) is 3. The van der Waals surface area contributed by atoms with Gasteiger partial charge in [0.05, 0.1) is 21.3 Å². The summed E-state index contributed by atoms with van der Waals surface area (Å²) < 4.78 is 8.46. The predicted molar refractivity (Wildman–Crippen MR) is 94.3 cm³/mol. The standard InChI is InChI=1S/C13H12Br2N4O2S/c1-7(2)21-12-9(14)3-8(4-10(12)15)5-17-19-11(20)6-16-18-13(19)22/h3-7H,1-2H3,(H,18,22)/b17-5-. The summed E-state index contributed by atoms with van der Waals surface area (Å²) in [5, 5.41) is 10.2. The molecule has 9 heteroatoms. The molecule has 0 aliphatic rings. The Morgan fingerprint density at radius 1 is 1.41 bits per heavy atom. The van der Waals surface area contributed by atoms with Crippen LogP contribution < -0.4 is 10.3 Å². The number of aromatic amines is 1. The van der Waals surface area contributed by atoms with Gasteiger partial charge in [0.2, 0.25) is 4.77 Å². The first-order valence-corrected chi connectivity index (χ1v) is 8.24. The summed E-state index contributed by atoms with van der Waals surface area (Å²) in [7, 11) is 0. The van der Waals surface area contributed by atoms with Gasteiger partial charge in [-0.15, -0.1) is 0 Å². The highest BCUT2D eigenvalue weighted by atomic mass is 79.9.